The van der Waals surface area contributed by atoms with E-state index in [1.165, 1.54) is 17.3 Å². The first-order chi connectivity index (χ1) is 16.9. The Morgan fingerprint density at radius 1 is 0.971 bits per heavy atom. The second-order valence-electron chi connectivity index (χ2n) is 8.18. The fourth-order valence-electron chi connectivity index (χ4n) is 3.61. The minimum Gasteiger partial charge on any atom is -0.493 e. The molecule has 0 unspecified atom stereocenters. The molecule has 0 atom stereocenters. The van der Waals surface area contributed by atoms with Gasteiger partial charge < -0.3 is 9.47 Å². The quantitative estimate of drug-likeness (QED) is 0.168. The molecule has 180 valence electrons. The number of amides is 1. The van der Waals surface area contributed by atoms with Crippen LogP contribution in [0.3, 0.4) is 0 Å². The highest BCUT2D eigenvalue weighted by Gasteiger charge is 2.32. The molecule has 0 bridgehead atoms. The molecule has 0 aliphatic carbocycles. The fraction of sp³-hybridized carbons (Fsp3) is 0.214. The molecule has 0 aromatic heterocycles. The third kappa shape index (κ3) is 6.45. The van der Waals surface area contributed by atoms with Crippen LogP contribution in [0, 0.1) is 13.8 Å². The number of thiocarbonyl (C=S) groups is 1. The summed E-state index contributed by atoms with van der Waals surface area (Å²) in [5.74, 6) is 1.45. The van der Waals surface area contributed by atoms with Crippen LogP contribution in [0.2, 0.25) is 5.02 Å². The monoisotopic (exact) mass is 523 g/mol. The van der Waals surface area contributed by atoms with E-state index in [1.54, 1.807) is 23.1 Å². The molecular formula is C28H26ClNO3S2. The Hall–Kier alpha value is -2.80. The van der Waals surface area contributed by atoms with Gasteiger partial charge in [-0.3, -0.25) is 9.69 Å². The number of nitrogens with zero attached hydrogens (tertiary/aromatic N) is 1. The van der Waals surface area contributed by atoms with Gasteiger partial charge in [0.2, 0.25) is 0 Å². The smallest absolute Gasteiger partial charge is 0.266 e. The highest BCUT2D eigenvalue weighted by atomic mass is 35.5. The van der Waals surface area contributed by atoms with Crippen molar-refractivity contribution in [2.45, 2.75) is 26.8 Å². The van der Waals surface area contributed by atoms with Crippen molar-refractivity contribution in [3.63, 3.8) is 0 Å². The summed E-state index contributed by atoms with van der Waals surface area (Å²) in [6.07, 6.45) is 2.52. The Kier molecular flexibility index (Phi) is 8.50. The number of hydrogen-bond acceptors (Lipinski definition) is 5. The summed E-state index contributed by atoms with van der Waals surface area (Å²) < 4.78 is 12.5. The van der Waals surface area contributed by atoms with E-state index in [4.69, 9.17) is 33.3 Å². The number of benzene rings is 3. The largest absolute Gasteiger partial charge is 0.493 e. The number of hydrogen-bond donors (Lipinski definition) is 0. The lowest BCUT2D eigenvalue weighted by Gasteiger charge is -2.14. The van der Waals surface area contributed by atoms with Gasteiger partial charge in [-0.05, 0) is 60.9 Å². The molecule has 1 fully saturated rings. The van der Waals surface area contributed by atoms with E-state index >= 15 is 0 Å². The lowest BCUT2D eigenvalue weighted by atomic mass is 10.1. The fourth-order valence-corrected chi connectivity index (χ4v) is 5.04. The third-order valence-electron chi connectivity index (χ3n) is 5.67. The predicted octanol–water partition coefficient (Wildman–Crippen LogP) is 7.21. The Morgan fingerprint density at radius 2 is 1.71 bits per heavy atom. The number of carbonyl (C=O) groups is 1. The summed E-state index contributed by atoms with van der Waals surface area (Å²) in [6, 6.07) is 21.3. The zero-order chi connectivity index (χ0) is 24.8. The summed E-state index contributed by atoms with van der Waals surface area (Å²) in [4.78, 5) is 15.2. The van der Waals surface area contributed by atoms with Gasteiger partial charge in [-0.15, -0.1) is 0 Å². The molecule has 0 radical (unpaired) electrons. The molecular weight excluding hydrogens is 498 g/mol. The highest BCUT2D eigenvalue weighted by molar-refractivity contribution is 8.26. The topological polar surface area (TPSA) is 38.8 Å². The molecule has 1 heterocycles. The summed E-state index contributed by atoms with van der Waals surface area (Å²) in [6.45, 7) is 5.60. The zero-order valence-corrected chi connectivity index (χ0v) is 22.0. The number of carbonyl (C=O) groups excluding carboxylic acids is 1. The van der Waals surface area contributed by atoms with Gasteiger partial charge in [0.25, 0.3) is 5.91 Å². The van der Waals surface area contributed by atoms with Crippen molar-refractivity contribution >= 4 is 51.9 Å². The van der Waals surface area contributed by atoms with Crippen LogP contribution in [0.15, 0.2) is 71.6 Å². The van der Waals surface area contributed by atoms with Crippen LogP contribution in [-0.2, 0) is 11.3 Å². The van der Waals surface area contributed by atoms with Gasteiger partial charge in [-0.1, -0.05) is 78.0 Å². The third-order valence-corrected chi connectivity index (χ3v) is 7.29. The Balaban J connectivity index is 1.39. The highest BCUT2D eigenvalue weighted by Crippen LogP contribution is 2.36. The van der Waals surface area contributed by atoms with Crippen molar-refractivity contribution in [2.75, 3.05) is 13.2 Å². The lowest BCUT2D eigenvalue weighted by molar-refractivity contribution is -0.122. The van der Waals surface area contributed by atoms with Crippen molar-refractivity contribution in [1.82, 2.24) is 4.90 Å². The van der Waals surface area contributed by atoms with Crippen LogP contribution >= 0.6 is 35.6 Å². The van der Waals surface area contributed by atoms with Crippen molar-refractivity contribution in [2.24, 2.45) is 0 Å². The van der Waals surface area contributed by atoms with Crippen LogP contribution in [-0.4, -0.2) is 28.3 Å². The zero-order valence-electron chi connectivity index (χ0n) is 19.6. The number of rotatable bonds is 9. The Morgan fingerprint density at radius 3 is 2.49 bits per heavy atom. The SMILES string of the molecule is Cc1cccc(OCCCOc2ccc(Cl)cc2/C=C2\SC(=S)N(Cc3ccccc3)C2=O)c1C. The van der Waals surface area contributed by atoms with Gasteiger partial charge in [0.1, 0.15) is 15.8 Å². The van der Waals surface area contributed by atoms with Crippen LogP contribution in [0.25, 0.3) is 6.08 Å². The number of thioether (sulfide) groups is 1. The number of aryl methyl sites for hydroxylation is 1. The normalized spacial score (nSPS) is 14.6. The Labute approximate surface area is 220 Å². The molecule has 0 N–H and O–H groups in total. The maximum absolute atomic E-state index is 13.1. The molecule has 3 aromatic rings. The van der Waals surface area contributed by atoms with Crippen molar-refractivity contribution in [3.05, 3.63) is 98.9 Å². The van der Waals surface area contributed by atoms with Crippen LogP contribution in [0.5, 0.6) is 11.5 Å². The molecule has 1 aliphatic heterocycles. The standard InChI is InChI=1S/C28H26ClNO3S2/c1-19-8-6-11-24(20(19)2)32-14-7-15-33-25-13-12-23(29)16-22(25)17-26-27(31)30(28(34)35-26)18-21-9-4-3-5-10-21/h3-6,8-13,16-17H,7,14-15,18H2,1-2H3/b26-17-. The van der Waals surface area contributed by atoms with Crippen LogP contribution < -0.4 is 9.47 Å². The molecule has 1 amide bonds. The van der Waals surface area contributed by atoms with E-state index in [1.807, 2.05) is 48.5 Å². The van der Waals surface area contributed by atoms with Crippen LogP contribution in [0.4, 0.5) is 0 Å². The van der Waals surface area contributed by atoms with Gasteiger partial charge >= 0.3 is 0 Å². The van der Waals surface area contributed by atoms with Crippen molar-refractivity contribution < 1.29 is 14.3 Å². The maximum Gasteiger partial charge on any atom is 0.266 e. The van der Waals surface area contributed by atoms with Crippen molar-refractivity contribution in [1.29, 1.82) is 0 Å². The molecule has 7 heteroatoms. The maximum atomic E-state index is 13.1. The number of ether oxygens (including phenoxy) is 2. The average molecular weight is 524 g/mol. The first-order valence-electron chi connectivity index (χ1n) is 11.3. The Bertz CT molecular complexity index is 1260. The molecule has 1 saturated heterocycles. The number of halogens is 1. The average Bonchev–Trinajstić information content (AvgIpc) is 3.10. The predicted molar refractivity (Wildman–Crippen MR) is 148 cm³/mol. The van der Waals surface area contributed by atoms with E-state index in [9.17, 15) is 4.79 Å². The molecule has 35 heavy (non-hydrogen) atoms. The molecule has 1 aliphatic rings. The lowest BCUT2D eigenvalue weighted by Crippen LogP contribution is -2.27. The van der Waals surface area contributed by atoms with Gasteiger partial charge in [-0.2, -0.15) is 0 Å². The molecule has 4 nitrogen and oxygen atoms in total. The van der Waals surface area contributed by atoms with E-state index in [0.29, 0.717) is 46.2 Å². The first-order valence-corrected chi connectivity index (χ1v) is 12.9. The first kappa shape index (κ1) is 25.3. The van der Waals surface area contributed by atoms with E-state index in [2.05, 4.69) is 19.9 Å². The summed E-state index contributed by atoms with van der Waals surface area (Å²) in [5.41, 5.74) is 4.13. The van der Waals surface area contributed by atoms with Gasteiger partial charge in [0, 0.05) is 17.0 Å². The van der Waals surface area contributed by atoms with Gasteiger partial charge in [0.15, 0.2) is 0 Å². The van der Waals surface area contributed by atoms with Gasteiger partial charge in [-0.25, -0.2) is 0 Å². The second-order valence-corrected chi connectivity index (χ2v) is 10.3. The molecule has 4 rings (SSSR count). The molecule has 0 saturated carbocycles. The summed E-state index contributed by atoms with van der Waals surface area (Å²) >= 11 is 13.0. The summed E-state index contributed by atoms with van der Waals surface area (Å²) in [7, 11) is 0. The van der Waals surface area contributed by atoms with E-state index < -0.39 is 0 Å². The van der Waals surface area contributed by atoms with Crippen LogP contribution in [0.1, 0.15) is 28.7 Å². The molecule has 3 aromatic carbocycles. The van der Waals surface area contributed by atoms with Crippen molar-refractivity contribution in [3.8, 4) is 11.5 Å². The van der Waals surface area contributed by atoms with E-state index in [-0.39, 0.29) is 5.91 Å². The minimum absolute atomic E-state index is 0.114. The van der Waals surface area contributed by atoms with Gasteiger partial charge in [0.05, 0.1) is 24.7 Å². The van der Waals surface area contributed by atoms with E-state index in [0.717, 1.165) is 22.4 Å². The summed E-state index contributed by atoms with van der Waals surface area (Å²) in [5, 5.41) is 0.571. The second kappa shape index (κ2) is 11.8. The minimum atomic E-state index is -0.114. The molecule has 0 spiro atoms.